The van der Waals surface area contributed by atoms with Crippen molar-refractivity contribution in [2.24, 2.45) is 10.9 Å². The highest BCUT2D eigenvalue weighted by Gasteiger charge is 2.22. The maximum absolute atomic E-state index is 12.9. The van der Waals surface area contributed by atoms with Gasteiger partial charge in [-0.1, -0.05) is 13.8 Å². The smallest absolute Gasteiger partial charge is 0.191 e. The van der Waals surface area contributed by atoms with E-state index in [0.717, 1.165) is 39.3 Å². The van der Waals surface area contributed by atoms with Crippen molar-refractivity contribution in [1.29, 1.82) is 0 Å². The molecule has 0 amide bonds. The third kappa shape index (κ3) is 9.28. The summed E-state index contributed by atoms with van der Waals surface area (Å²) in [7, 11) is 0. The van der Waals surface area contributed by atoms with E-state index in [0.29, 0.717) is 36.8 Å². The van der Waals surface area contributed by atoms with E-state index in [4.69, 9.17) is 14.5 Å². The summed E-state index contributed by atoms with van der Waals surface area (Å²) in [6.07, 6.45) is 0.362. The Morgan fingerprint density at radius 1 is 1.23 bits per heavy atom. The monoisotopic (exact) mass is 424 g/mol. The second-order valence-corrected chi connectivity index (χ2v) is 7.95. The van der Waals surface area contributed by atoms with Gasteiger partial charge in [-0.2, -0.15) is 0 Å². The number of nitrogens with zero attached hydrogens (tertiary/aromatic N) is 2. The number of hydrogen-bond acceptors (Lipinski definition) is 5. The Bertz CT molecular complexity index is 621. The molecule has 1 saturated heterocycles. The molecule has 0 aromatic heterocycles. The predicted molar refractivity (Wildman–Crippen MR) is 118 cm³/mol. The summed E-state index contributed by atoms with van der Waals surface area (Å²) in [4.78, 5) is 7.22. The van der Waals surface area contributed by atoms with Crippen molar-refractivity contribution in [2.45, 2.75) is 39.3 Å². The Kier molecular flexibility index (Phi) is 10.9. The molecule has 3 N–H and O–H groups in total. The molecule has 2 unspecified atom stereocenters. The lowest BCUT2D eigenvalue weighted by Crippen LogP contribution is -2.47. The van der Waals surface area contributed by atoms with Crippen LogP contribution in [0.4, 0.5) is 4.39 Å². The minimum absolute atomic E-state index is 0.113. The molecule has 8 heteroatoms. The molecule has 170 valence electrons. The van der Waals surface area contributed by atoms with Crippen LogP contribution >= 0.6 is 0 Å². The molecule has 0 bridgehead atoms. The number of aliphatic hydroxyl groups excluding tert-OH is 1. The van der Waals surface area contributed by atoms with Crippen LogP contribution in [0.3, 0.4) is 0 Å². The van der Waals surface area contributed by atoms with Crippen LogP contribution in [-0.4, -0.2) is 80.7 Å². The third-order valence-electron chi connectivity index (χ3n) is 4.87. The fourth-order valence-corrected chi connectivity index (χ4v) is 3.36. The SMILES string of the molecule is CCNC(=NCC(CC(C)C)N1CCOCC1)NCC(O)COc1ccc(F)cc1. The zero-order chi connectivity index (χ0) is 21.8. The molecule has 1 aliphatic rings. The Hall–Kier alpha value is -1.90. The largest absolute Gasteiger partial charge is 0.491 e. The average molecular weight is 425 g/mol. The average Bonchev–Trinajstić information content (AvgIpc) is 2.74. The number of aliphatic hydroxyl groups is 1. The first-order chi connectivity index (χ1) is 14.5. The van der Waals surface area contributed by atoms with Gasteiger partial charge in [0.25, 0.3) is 0 Å². The first kappa shape index (κ1) is 24.4. The van der Waals surface area contributed by atoms with Gasteiger partial charge in [0, 0.05) is 32.2 Å². The van der Waals surface area contributed by atoms with Gasteiger partial charge in [-0.25, -0.2) is 4.39 Å². The lowest BCUT2D eigenvalue weighted by Gasteiger charge is -2.34. The van der Waals surface area contributed by atoms with Gasteiger partial charge >= 0.3 is 0 Å². The van der Waals surface area contributed by atoms with Crippen LogP contribution in [0.15, 0.2) is 29.3 Å². The van der Waals surface area contributed by atoms with E-state index in [9.17, 15) is 9.50 Å². The number of hydrogen-bond donors (Lipinski definition) is 3. The van der Waals surface area contributed by atoms with Crippen molar-refractivity contribution in [3.8, 4) is 5.75 Å². The number of guanidine groups is 1. The number of rotatable bonds is 11. The maximum atomic E-state index is 12.9. The minimum atomic E-state index is -0.718. The van der Waals surface area contributed by atoms with E-state index in [2.05, 4.69) is 29.4 Å². The highest BCUT2D eigenvalue weighted by Crippen LogP contribution is 2.14. The van der Waals surface area contributed by atoms with E-state index in [1.807, 2.05) is 6.92 Å². The molecular formula is C22H37FN4O3. The molecule has 0 aliphatic carbocycles. The molecule has 0 radical (unpaired) electrons. The minimum Gasteiger partial charge on any atom is -0.491 e. The Balaban J connectivity index is 1.84. The number of aliphatic imine (C=N–C) groups is 1. The first-order valence-corrected chi connectivity index (χ1v) is 10.9. The standard InChI is InChI=1S/C22H37FN4O3/c1-4-24-22(25-14-19(13-17(2)3)27-9-11-29-12-10-27)26-15-20(28)16-30-21-7-5-18(23)6-8-21/h5-8,17,19-20,28H,4,9-16H2,1-3H3,(H2,24,25,26). The summed E-state index contributed by atoms with van der Waals surface area (Å²) in [5.74, 6) is 1.48. The molecule has 1 fully saturated rings. The van der Waals surface area contributed by atoms with Crippen LogP contribution in [-0.2, 0) is 4.74 Å². The number of nitrogens with one attached hydrogen (secondary N) is 2. The summed E-state index contributed by atoms with van der Waals surface area (Å²) < 4.78 is 23.9. The van der Waals surface area contributed by atoms with Crippen LogP contribution in [0.2, 0.25) is 0 Å². The summed E-state index contributed by atoms with van der Waals surface area (Å²) in [5, 5.41) is 16.6. The molecule has 0 spiro atoms. The lowest BCUT2D eigenvalue weighted by molar-refractivity contribution is 0.0143. The molecular weight excluding hydrogens is 387 g/mol. The quantitative estimate of drug-likeness (QED) is 0.372. The Labute approximate surface area is 179 Å². The number of benzene rings is 1. The van der Waals surface area contributed by atoms with Gasteiger partial charge in [-0.15, -0.1) is 0 Å². The molecule has 1 aliphatic heterocycles. The second kappa shape index (κ2) is 13.4. The molecule has 7 nitrogen and oxygen atoms in total. The fourth-order valence-electron chi connectivity index (χ4n) is 3.36. The second-order valence-electron chi connectivity index (χ2n) is 7.95. The summed E-state index contributed by atoms with van der Waals surface area (Å²) in [6.45, 7) is 11.8. The molecule has 1 heterocycles. The van der Waals surface area contributed by atoms with E-state index >= 15 is 0 Å². The van der Waals surface area contributed by atoms with Gasteiger partial charge in [-0.3, -0.25) is 9.89 Å². The van der Waals surface area contributed by atoms with Crippen molar-refractivity contribution in [3.63, 3.8) is 0 Å². The van der Waals surface area contributed by atoms with E-state index in [-0.39, 0.29) is 12.4 Å². The number of ether oxygens (including phenoxy) is 2. The summed E-state index contributed by atoms with van der Waals surface area (Å²) >= 11 is 0. The zero-order valence-corrected chi connectivity index (χ0v) is 18.4. The highest BCUT2D eigenvalue weighted by molar-refractivity contribution is 5.79. The summed E-state index contributed by atoms with van der Waals surface area (Å²) in [6, 6.07) is 6.12. The van der Waals surface area contributed by atoms with Crippen LogP contribution in [0, 0.1) is 11.7 Å². The van der Waals surface area contributed by atoms with Crippen molar-refractivity contribution >= 4 is 5.96 Å². The van der Waals surface area contributed by atoms with Gasteiger partial charge < -0.3 is 25.2 Å². The van der Waals surface area contributed by atoms with Crippen LogP contribution in [0.25, 0.3) is 0 Å². The molecule has 2 rings (SSSR count). The molecule has 1 aromatic carbocycles. The Morgan fingerprint density at radius 3 is 2.57 bits per heavy atom. The summed E-state index contributed by atoms with van der Waals surface area (Å²) in [5.41, 5.74) is 0. The highest BCUT2D eigenvalue weighted by atomic mass is 19.1. The molecule has 30 heavy (non-hydrogen) atoms. The Morgan fingerprint density at radius 2 is 1.93 bits per heavy atom. The normalized spacial score (nSPS) is 17.6. The van der Waals surface area contributed by atoms with Crippen LogP contribution < -0.4 is 15.4 Å². The lowest BCUT2D eigenvalue weighted by atomic mass is 10.0. The van der Waals surface area contributed by atoms with E-state index < -0.39 is 6.10 Å². The predicted octanol–water partition coefficient (Wildman–Crippen LogP) is 1.87. The van der Waals surface area contributed by atoms with Gasteiger partial charge in [0.05, 0.1) is 19.8 Å². The van der Waals surface area contributed by atoms with Crippen molar-refractivity contribution in [2.75, 3.05) is 52.5 Å². The van der Waals surface area contributed by atoms with Crippen molar-refractivity contribution in [1.82, 2.24) is 15.5 Å². The van der Waals surface area contributed by atoms with Gasteiger partial charge in [0.15, 0.2) is 5.96 Å². The molecule has 1 aromatic rings. The van der Waals surface area contributed by atoms with Crippen molar-refractivity contribution in [3.05, 3.63) is 30.1 Å². The third-order valence-corrected chi connectivity index (χ3v) is 4.87. The zero-order valence-electron chi connectivity index (χ0n) is 18.4. The molecule has 2 atom stereocenters. The van der Waals surface area contributed by atoms with Gasteiger partial charge in [0.1, 0.15) is 24.3 Å². The first-order valence-electron chi connectivity index (χ1n) is 10.9. The topological polar surface area (TPSA) is 78.4 Å². The fraction of sp³-hybridized carbons (Fsp3) is 0.682. The van der Waals surface area contributed by atoms with Crippen LogP contribution in [0.1, 0.15) is 27.2 Å². The van der Waals surface area contributed by atoms with Gasteiger partial charge in [-0.05, 0) is 43.5 Å². The number of halogens is 1. The van der Waals surface area contributed by atoms with Gasteiger partial charge in [0.2, 0.25) is 0 Å². The number of morpholine rings is 1. The van der Waals surface area contributed by atoms with E-state index in [1.165, 1.54) is 12.1 Å². The maximum Gasteiger partial charge on any atom is 0.191 e. The van der Waals surface area contributed by atoms with Crippen molar-refractivity contribution < 1.29 is 19.0 Å². The molecule has 0 saturated carbocycles. The van der Waals surface area contributed by atoms with Crippen LogP contribution in [0.5, 0.6) is 5.75 Å². The van der Waals surface area contributed by atoms with E-state index in [1.54, 1.807) is 12.1 Å².